The monoisotopic (exact) mass is 362 g/mol. The highest BCUT2D eigenvalue weighted by Gasteiger charge is 2.23. The van der Waals surface area contributed by atoms with Gasteiger partial charge in [0.15, 0.2) is 17.5 Å². The lowest BCUT2D eigenvalue weighted by molar-refractivity contribution is 0.00870. The molecule has 0 saturated carbocycles. The molecule has 0 radical (unpaired) electrons. The molecule has 0 bridgehead atoms. The van der Waals surface area contributed by atoms with Gasteiger partial charge in [-0.05, 0) is 18.1 Å². The van der Waals surface area contributed by atoms with Gasteiger partial charge >= 0.3 is 0 Å². The molecule has 1 aromatic carbocycles. The van der Waals surface area contributed by atoms with Crippen LogP contribution < -0.4 is 20.5 Å². The third-order valence-electron chi connectivity index (χ3n) is 4.75. The number of rotatable bonds is 5. The summed E-state index contributed by atoms with van der Waals surface area (Å²) >= 11 is 0. The molecule has 26 heavy (non-hydrogen) atoms. The van der Waals surface area contributed by atoms with Gasteiger partial charge in [-0.3, -0.25) is 9.89 Å². The topological polar surface area (TPSA) is 81.3 Å². The van der Waals surface area contributed by atoms with E-state index in [1.165, 1.54) is 0 Å². The minimum absolute atomic E-state index is 0.364. The zero-order valence-corrected chi connectivity index (χ0v) is 15.7. The van der Waals surface area contributed by atoms with E-state index in [1.807, 2.05) is 18.2 Å². The second-order valence-electron chi connectivity index (χ2n) is 7.02. The number of anilines is 1. The van der Waals surface area contributed by atoms with Crippen LogP contribution in [0.25, 0.3) is 0 Å². The Hall–Kier alpha value is -1.99. The van der Waals surface area contributed by atoms with E-state index in [0.717, 1.165) is 49.9 Å². The van der Waals surface area contributed by atoms with Gasteiger partial charge in [0.25, 0.3) is 0 Å². The molecule has 7 heteroatoms. The summed E-state index contributed by atoms with van der Waals surface area (Å²) < 4.78 is 16.8. The van der Waals surface area contributed by atoms with Crippen LogP contribution in [0.5, 0.6) is 11.5 Å². The molecular formula is C19H30N4O3. The Bertz CT molecular complexity index is 615. The largest absolute Gasteiger partial charge is 0.490 e. The van der Waals surface area contributed by atoms with Gasteiger partial charge in [-0.2, -0.15) is 0 Å². The second kappa shape index (κ2) is 9.09. The predicted octanol–water partition coefficient (Wildman–Crippen LogP) is 1.93. The van der Waals surface area contributed by atoms with E-state index < -0.39 is 0 Å². The zero-order chi connectivity index (χ0) is 18.4. The maximum atomic E-state index is 6.11. The Morgan fingerprint density at radius 1 is 1.15 bits per heavy atom. The van der Waals surface area contributed by atoms with Crippen LogP contribution in [-0.2, 0) is 4.74 Å². The van der Waals surface area contributed by atoms with E-state index in [2.05, 4.69) is 29.1 Å². The summed E-state index contributed by atoms with van der Waals surface area (Å²) in [5.74, 6) is 2.44. The minimum Gasteiger partial charge on any atom is -0.490 e. The molecule has 0 aromatic heterocycles. The molecule has 1 saturated heterocycles. The Balaban J connectivity index is 1.61. The number of aliphatic imine (C=N–C) groups is 1. The fourth-order valence-electron chi connectivity index (χ4n) is 3.28. The van der Waals surface area contributed by atoms with Gasteiger partial charge in [0.1, 0.15) is 0 Å². The van der Waals surface area contributed by atoms with Crippen LogP contribution in [0.4, 0.5) is 5.69 Å². The quantitative estimate of drug-likeness (QED) is 0.615. The number of ether oxygens (including phenoxy) is 3. The first-order chi connectivity index (χ1) is 12.6. The number of hydrogen-bond acceptors (Lipinski definition) is 5. The van der Waals surface area contributed by atoms with Gasteiger partial charge in [0, 0.05) is 37.3 Å². The Kier molecular flexibility index (Phi) is 6.57. The van der Waals surface area contributed by atoms with Crippen molar-refractivity contribution in [1.82, 2.24) is 4.90 Å². The maximum absolute atomic E-state index is 6.11. The van der Waals surface area contributed by atoms with Crippen molar-refractivity contribution < 1.29 is 14.2 Å². The summed E-state index contributed by atoms with van der Waals surface area (Å²) in [5, 5.41) is 3.16. The molecule has 0 aliphatic carbocycles. The van der Waals surface area contributed by atoms with E-state index >= 15 is 0 Å². The van der Waals surface area contributed by atoms with Crippen molar-refractivity contribution in [2.45, 2.75) is 26.3 Å². The van der Waals surface area contributed by atoms with Crippen molar-refractivity contribution in [3.8, 4) is 11.5 Å². The Labute approximate surface area is 155 Å². The number of hydrogen-bond donors (Lipinski definition) is 2. The summed E-state index contributed by atoms with van der Waals surface area (Å²) in [6.07, 6.45) is 0.888. The fourth-order valence-corrected chi connectivity index (χ4v) is 3.28. The summed E-state index contributed by atoms with van der Waals surface area (Å²) in [7, 11) is 0. The molecule has 2 heterocycles. The molecule has 1 fully saturated rings. The number of fused-ring (bicyclic) bond motifs is 1. The normalized spacial score (nSPS) is 19.9. The molecule has 2 aliphatic heterocycles. The molecular weight excluding hydrogens is 332 g/mol. The first-order valence-corrected chi connectivity index (χ1v) is 9.42. The van der Waals surface area contributed by atoms with Gasteiger partial charge in [-0.1, -0.05) is 13.8 Å². The Morgan fingerprint density at radius 3 is 2.62 bits per heavy atom. The van der Waals surface area contributed by atoms with Crippen molar-refractivity contribution in [2.24, 2.45) is 16.6 Å². The highest BCUT2D eigenvalue weighted by atomic mass is 16.5. The molecule has 1 aromatic rings. The predicted molar refractivity (Wildman–Crippen MR) is 103 cm³/mol. The maximum Gasteiger partial charge on any atom is 0.193 e. The van der Waals surface area contributed by atoms with Gasteiger partial charge in [-0.15, -0.1) is 0 Å². The van der Waals surface area contributed by atoms with Crippen LogP contribution in [0.2, 0.25) is 0 Å². The SMILES string of the molecule is CC(C)C(CN=C(N)Nc1ccc2c(c1)OCCCO2)N1CCOCC1. The molecule has 0 amide bonds. The van der Waals surface area contributed by atoms with Crippen molar-refractivity contribution in [1.29, 1.82) is 0 Å². The molecule has 7 nitrogen and oxygen atoms in total. The molecule has 0 spiro atoms. The Morgan fingerprint density at radius 2 is 1.88 bits per heavy atom. The third-order valence-corrected chi connectivity index (χ3v) is 4.75. The van der Waals surface area contributed by atoms with E-state index in [1.54, 1.807) is 0 Å². The number of nitrogens with two attached hydrogens (primary N) is 1. The van der Waals surface area contributed by atoms with Gasteiger partial charge in [0.2, 0.25) is 0 Å². The number of nitrogens with one attached hydrogen (secondary N) is 1. The molecule has 2 aliphatic rings. The van der Waals surface area contributed by atoms with Gasteiger partial charge < -0.3 is 25.3 Å². The third kappa shape index (κ3) is 5.02. The fraction of sp³-hybridized carbons (Fsp3) is 0.632. The second-order valence-corrected chi connectivity index (χ2v) is 7.02. The van der Waals surface area contributed by atoms with Crippen molar-refractivity contribution in [2.75, 3.05) is 51.4 Å². The molecule has 144 valence electrons. The van der Waals surface area contributed by atoms with E-state index in [9.17, 15) is 0 Å². The summed E-state index contributed by atoms with van der Waals surface area (Å²) in [4.78, 5) is 7.02. The number of morpholine rings is 1. The van der Waals surface area contributed by atoms with Crippen LogP contribution in [0.15, 0.2) is 23.2 Å². The first kappa shape index (κ1) is 18.8. The van der Waals surface area contributed by atoms with Crippen molar-refractivity contribution in [3.63, 3.8) is 0 Å². The molecule has 3 N–H and O–H groups in total. The molecule has 1 atom stereocenters. The van der Waals surface area contributed by atoms with Crippen LogP contribution in [-0.4, -0.2) is 63.0 Å². The van der Waals surface area contributed by atoms with E-state index in [0.29, 0.717) is 37.7 Å². The average Bonchev–Trinajstić information content (AvgIpc) is 2.87. The lowest BCUT2D eigenvalue weighted by atomic mass is 10.0. The van der Waals surface area contributed by atoms with Crippen LogP contribution >= 0.6 is 0 Å². The molecule has 1 unspecified atom stereocenters. The van der Waals surface area contributed by atoms with Crippen molar-refractivity contribution in [3.05, 3.63) is 18.2 Å². The van der Waals surface area contributed by atoms with Crippen LogP contribution in [0.3, 0.4) is 0 Å². The summed E-state index contributed by atoms with van der Waals surface area (Å²) in [6.45, 7) is 9.95. The summed E-state index contributed by atoms with van der Waals surface area (Å²) in [6, 6.07) is 6.10. The van der Waals surface area contributed by atoms with E-state index in [-0.39, 0.29) is 0 Å². The minimum atomic E-state index is 0.364. The smallest absolute Gasteiger partial charge is 0.193 e. The zero-order valence-electron chi connectivity index (χ0n) is 15.7. The lowest BCUT2D eigenvalue weighted by Gasteiger charge is -2.36. The number of nitrogens with zero attached hydrogens (tertiary/aromatic N) is 2. The number of benzene rings is 1. The van der Waals surface area contributed by atoms with Crippen LogP contribution in [0, 0.1) is 5.92 Å². The van der Waals surface area contributed by atoms with Crippen LogP contribution in [0.1, 0.15) is 20.3 Å². The van der Waals surface area contributed by atoms with Crippen molar-refractivity contribution >= 4 is 11.6 Å². The van der Waals surface area contributed by atoms with Gasteiger partial charge in [-0.25, -0.2) is 0 Å². The van der Waals surface area contributed by atoms with Gasteiger partial charge in [0.05, 0.1) is 33.0 Å². The first-order valence-electron chi connectivity index (χ1n) is 9.42. The average molecular weight is 362 g/mol. The standard InChI is InChI=1S/C19H30N4O3/c1-14(2)16(23-6-10-24-11-7-23)13-21-19(20)22-15-4-5-17-18(12-15)26-9-3-8-25-17/h4-5,12,14,16H,3,6-11,13H2,1-2H3,(H3,20,21,22). The highest BCUT2D eigenvalue weighted by molar-refractivity contribution is 5.92. The molecule has 3 rings (SSSR count). The van der Waals surface area contributed by atoms with E-state index in [4.69, 9.17) is 19.9 Å². The summed E-state index contributed by atoms with van der Waals surface area (Å²) in [5.41, 5.74) is 6.96. The lowest BCUT2D eigenvalue weighted by Crippen LogP contribution is -2.47. The number of guanidine groups is 1. The highest BCUT2D eigenvalue weighted by Crippen LogP contribution is 2.32.